The van der Waals surface area contributed by atoms with E-state index in [-0.39, 0.29) is 0 Å². The molecule has 1 aliphatic carbocycles. The Morgan fingerprint density at radius 2 is 2.13 bits per heavy atom. The van der Waals surface area contributed by atoms with Gasteiger partial charge in [-0.25, -0.2) is 0 Å². The van der Waals surface area contributed by atoms with Crippen molar-refractivity contribution in [1.82, 2.24) is 4.90 Å². The van der Waals surface area contributed by atoms with Gasteiger partial charge in [0.15, 0.2) is 0 Å². The lowest BCUT2D eigenvalue weighted by molar-refractivity contribution is 0.186. The van der Waals surface area contributed by atoms with Crippen LogP contribution in [-0.2, 0) is 6.54 Å². The molecule has 2 rings (SSSR count). The molecule has 1 aromatic rings. The minimum absolute atomic E-state index is 0.819. The second-order valence-corrected chi connectivity index (χ2v) is 6.35. The van der Waals surface area contributed by atoms with E-state index in [0.29, 0.717) is 0 Å². The maximum atomic E-state index is 3.51. The van der Waals surface area contributed by atoms with E-state index < -0.39 is 0 Å². The molecule has 0 unspecified atom stereocenters. The van der Waals surface area contributed by atoms with Crippen LogP contribution in [0.15, 0.2) is 15.9 Å². The minimum Gasteiger partial charge on any atom is -0.298 e. The van der Waals surface area contributed by atoms with E-state index in [9.17, 15) is 0 Å². The van der Waals surface area contributed by atoms with Crippen molar-refractivity contribution in [1.29, 1.82) is 0 Å². The molecule has 0 radical (unpaired) electrons. The van der Waals surface area contributed by atoms with Crippen LogP contribution < -0.4 is 0 Å². The fraction of sp³-hybridized carbons (Fsp3) is 0.667. The van der Waals surface area contributed by atoms with Crippen molar-refractivity contribution < 1.29 is 0 Å². The van der Waals surface area contributed by atoms with Crippen LogP contribution in [0.2, 0.25) is 0 Å². The second-order valence-electron chi connectivity index (χ2n) is 4.44. The highest BCUT2D eigenvalue weighted by molar-refractivity contribution is 9.10. The molecule has 0 aromatic carbocycles. The van der Waals surface area contributed by atoms with E-state index in [1.54, 1.807) is 0 Å². The zero-order valence-corrected chi connectivity index (χ0v) is 11.6. The molecule has 15 heavy (non-hydrogen) atoms. The zero-order valence-electron chi connectivity index (χ0n) is 9.21. The molecule has 1 aromatic heterocycles. The van der Waals surface area contributed by atoms with Gasteiger partial charge in [-0.15, -0.1) is 11.3 Å². The first kappa shape index (κ1) is 11.6. The van der Waals surface area contributed by atoms with E-state index in [0.717, 1.165) is 12.6 Å². The Kier molecular flexibility index (Phi) is 4.23. The average molecular weight is 288 g/mol. The maximum Gasteiger partial charge on any atom is 0.0328 e. The summed E-state index contributed by atoms with van der Waals surface area (Å²) in [5, 5.41) is 2.17. The molecule has 1 fully saturated rings. The molecule has 3 heteroatoms. The standard InChI is InChI=1S/C12H18BrNS/c1-14(11-5-3-2-4-6-11)8-12-7-10(13)9-15-12/h7,9,11H,2-6,8H2,1H3. The van der Waals surface area contributed by atoms with Gasteiger partial charge in [0.05, 0.1) is 0 Å². The number of halogens is 1. The molecule has 0 aliphatic heterocycles. The molecule has 0 bridgehead atoms. The summed E-state index contributed by atoms with van der Waals surface area (Å²) in [5.41, 5.74) is 0. The van der Waals surface area contributed by atoms with E-state index in [4.69, 9.17) is 0 Å². The minimum atomic E-state index is 0.819. The van der Waals surface area contributed by atoms with Gasteiger partial charge in [0.2, 0.25) is 0 Å². The van der Waals surface area contributed by atoms with Crippen LogP contribution in [0.1, 0.15) is 37.0 Å². The van der Waals surface area contributed by atoms with E-state index >= 15 is 0 Å². The van der Waals surface area contributed by atoms with Crippen LogP contribution >= 0.6 is 27.3 Å². The lowest BCUT2D eigenvalue weighted by Crippen LogP contribution is -2.32. The fourth-order valence-electron chi connectivity index (χ4n) is 2.33. The number of thiophene rings is 1. The van der Waals surface area contributed by atoms with Crippen LogP contribution in [0.5, 0.6) is 0 Å². The monoisotopic (exact) mass is 287 g/mol. The summed E-state index contributed by atoms with van der Waals surface area (Å²) in [5.74, 6) is 0. The summed E-state index contributed by atoms with van der Waals surface area (Å²) in [6, 6.07) is 3.06. The van der Waals surface area contributed by atoms with Crippen LogP contribution in [0.4, 0.5) is 0 Å². The maximum absolute atomic E-state index is 3.51. The lowest BCUT2D eigenvalue weighted by Gasteiger charge is -2.30. The van der Waals surface area contributed by atoms with Crippen molar-refractivity contribution in [3.63, 3.8) is 0 Å². The van der Waals surface area contributed by atoms with Crippen molar-refractivity contribution >= 4 is 27.3 Å². The second kappa shape index (κ2) is 5.46. The van der Waals surface area contributed by atoms with Crippen LogP contribution in [0.25, 0.3) is 0 Å². The predicted molar refractivity (Wildman–Crippen MR) is 70.4 cm³/mol. The molecule has 0 amide bonds. The van der Waals surface area contributed by atoms with Gasteiger partial charge in [-0.05, 0) is 41.9 Å². The third kappa shape index (κ3) is 3.30. The summed E-state index contributed by atoms with van der Waals surface area (Å²) < 4.78 is 1.22. The molecule has 0 N–H and O–H groups in total. The Morgan fingerprint density at radius 1 is 1.40 bits per heavy atom. The fourth-order valence-corrected chi connectivity index (χ4v) is 3.85. The first-order chi connectivity index (χ1) is 7.25. The van der Waals surface area contributed by atoms with Crippen LogP contribution in [0, 0.1) is 0 Å². The molecule has 1 saturated carbocycles. The van der Waals surface area contributed by atoms with Crippen LogP contribution in [0.3, 0.4) is 0 Å². The molecule has 1 aliphatic rings. The number of nitrogens with zero attached hydrogens (tertiary/aromatic N) is 1. The van der Waals surface area contributed by atoms with Crippen molar-refractivity contribution in [2.24, 2.45) is 0 Å². The van der Waals surface area contributed by atoms with E-state index in [2.05, 4.69) is 39.3 Å². The molecule has 1 heterocycles. The molecule has 1 nitrogen and oxygen atoms in total. The SMILES string of the molecule is CN(Cc1cc(Br)cs1)C1CCCCC1. The molecule has 0 atom stereocenters. The van der Waals surface area contributed by atoms with Gasteiger partial charge in [0.1, 0.15) is 0 Å². The largest absolute Gasteiger partial charge is 0.298 e. The number of hydrogen-bond acceptors (Lipinski definition) is 2. The number of rotatable bonds is 3. The third-order valence-corrected chi connectivity index (χ3v) is 4.91. The van der Waals surface area contributed by atoms with Gasteiger partial charge < -0.3 is 0 Å². The molecule has 84 valence electrons. The summed E-state index contributed by atoms with van der Waals surface area (Å²) in [7, 11) is 2.27. The van der Waals surface area contributed by atoms with E-state index in [1.807, 2.05) is 11.3 Å². The Labute approximate surface area is 105 Å². The summed E-state index contributed by atoms with van der Waals surface area (Å²) in [6.45, 7) is 1.11. The van der Waals surface area contributed by atoms with Gasteiger partial charge in [-0.2, -0.15) is 0 Å². The van der Waals surface area contributed by atoms with Gasteiger partial charge in [-0.3, -0.25) is 4.90 Å². The molecule has 0 spiro atoms. The van der Waals surface area contributed by atoms with Crippen molar-refractivity contribution in [2.75, 3.05) is 7.05 Å². The summed E-state index contributed by atoms with van der Waals surface area (Å²) in [4.78, 5) is 3.99. The lowest BCUT2D eigenvalue weighted by atomic mass is 9.94. The Balaban J connectivity index is 1.88. The summed E-state index contributed by atoms with van der Waals surface area (Å²) in [6.07, 6.45) is 7.06. The first-order valence-electron chi connectivity index (χ1n) is 5.69. The normalized spacial score (nSPS) is 18.6. The topological polar surface area (TPSA) is 3.24 Å². The van der Waals surface area contributed by atoms with Crippen molar-refractivity contribution in [3.8, 4) is 0 Å². The molecular formula is C12H18BrNS. The smallest absolute Gasteiger partial charge is 0.0328 e. The molecule has 0 saturated heterocycles. The summed E-state index contributed by atoms with van der Waals surface area (Å²) >= 11 is 5.36. The molecular weight excluding hydrogens is 270 g/mol. The van der Waals surface area contributed by atoms with Gasteiger partial charge in [0.25, 0.3) is 0 Å². The highest BCUT2D eigenvalue weighted by Gasteiger charge is 2.18. The Bertz CT molecular complexity index is 304. The van der Waals surface area contributed by atoms with Gasteiger partial charge in [0, 0.05) is 27.3 Å². The average Bonchev–Trinajstić information content (AvgIpc) is 2.65. The highest BCUT2D eigenvalue weighted by atomic mass is 79.9. The first-order valence-corrected chi connectivity index (χ1v) is 7.36. The van der Waals surface area contributed by atoms with Crippen molar-refractivity contribution in [2.45, 2.75) is 44.7 Å². The van der Waals surface area contributed by atoms with Gasteiger partial charge >= 0.3 is 0 Å². The van der Waals surface area contributed by atoms with E-state index in [1.165, 1.54) is 41.5 Å². The third-order valence-electron chi connectivity index (χ3n) is 3.23. The Morgan fingerprint density at radius 3 is 2.73 bits per heavy atom. The zero-order chi connectivity index (χ0) is 10.7. The van der Waals surface area contributed by atoms with Crippen LogP contribution in [-0.4, -0.2) is 18.0 Å². The van der Waals surface area contributed by atoms with Gasteiger partial charge in [-0.1, -0.05) is 19.3 Å². The van der Waals surface area contributed by atoms with Crippen molar-refractivity contribution in [3.05, 3.63) is 20.8 Å². The quantitative estimate of drug-likeness (QED) is 0.802. The Hall–Kier alpha value is 0.140. The highest BCUT2D eigenvalue weighted by Crippen LogP contribution is 2.25. The number of hydrogen-bond donors (Lipinski definition) is 0. The predicted octanol–water partition coefficient (Wildman–Crippen LogP) is 4.28.